The van der Waals surface area contributed by atoms with Crippen LogP contribution >= 0.6 is 0 Å². The number of hydrogen-bond donors (Lipinski definition) is 2. The van der Waals surface area contributed by atoms with Gasteiger partial charge in [-0.3, -0.25) is 9.69 Å². The van der Waals surface area contributed by atoms with Gasteiger partial charge in [0.2, 0.25) is 0 Å². The predicted octanol–water partition coefficient (Wildman–Crippen LogP) is 6.49. The first-order chi connectivity index (χ1) is 23.0. The van der Waals surface area contributed by atoms with E-state index in [2.05, 4.69) is 39.5 Å². The molecule has 2 aliphatic heterocycles. The van der Waals surface area contributed by atoms with Crippen molar-refractivity contribution in [1.82, 2.24) is 4.90 Å². The minimum absolute atomic E-state index is 0.0426. The van der Waals surface area contributed by atoms with Gasteiger partial charge < -0.3 is 29.2 Å². The van der Waals surface area contributed by atoms with Gasteiger partial charge in [-0.05, 0) is 123 Å². The van der Waals surface area contributed by atoms with Crippen molar-refractivity contribution in [3.8, 4) is 0 Å². The molecule has 0 aromatic heterocycles. The fourth-order valence-electron chi connectivity index (χ4n) is 15.1. The first-order valence-corrected chi connectivity index (χ1v) is 20.2. The lowest BCUT2D eigenvalue weighted by Crippen LogP contribution is -2.60. The minimum atomic E-state index is -1.25. The van der Waals surface area contributed by atoms with Crippen molar-refractivity contribution in [1.29, 1.82) is 0 Å². The van der Waals surface area contributed by atoms with Crippen LogP contribution in [0.25, 0.3) is 0 Å². The van der Waals surface area contributed by atoms with E-state index in [1.807, 2.05) is 0 Å². The van der Waals surface area contributed by atoms with E-state index in [9.17, 15) is 15.0 Å². The standard InChI is InChI=1S/C41H67NO7/c1-24-21-27(35(37(5,6)45)47-25(2)43)48-33-32(24)38(7)17-18-41-23-40(41)16-15-30(49-31-22-42(19-20-46-31)26-11-9-10-12-26)36(3,4)28(40)13-14-29(41)39(38,8)34(33)44/h24,26-35,44-45H,9-23H2,1-8H3/t24-,27-,28+,29+,30+,31?,32?,33?,34+,35+,38-,39-,40-,41+/m1/s1. The van der Waals surface area contributed by atoms with Crippen molar-refractivity contribution < 1.29 is 34.0 Å². The smallest absolute Gasteiger partial charge is 0.303 e. The molecule has 278 valence electrons. The van der Waals surface area contributed by atoms with Gasteiger partial charge in [-0.2, -0.15) is 0 Å². The SMILES string of the molecule is CC(=O)O[C@@H]([C@H]1C[C@@H](C)C2C(O1)[C@H](O)[C@@]1(C)[C@@H]3CC[C@H]4C(C)(C)[C@@H](OC5CN(C6CCCC6)CCO5)CC[C@@]45C[C@@]35CC[C@]21C)C(C)(C)O. The van der Waals surface area contributed by atoms with Crippen LogP contribution in [-0.2, 0) is 23.7 Å². The molecule has 8 aliphatic rings. The molecule has 0 aromatic rings. The Balaban J connectivity index is 1.02. The number of aliphatic hydroxyl groups excluding tert-OH is 1. The monoisotopic (exact) mass is 685 g/mol. The molecule has 3 unspecified atom stereocenters. The number of fused-ring (bicyclic) bond motifs is 4. The molecule has 8 fully saturated rings. The number of carbonyl (C=O) groups is 1. The molecule has 0 aromatic carbocycles. The molecular formula is C41H67NO7. The topological polar surface area (TPSA) is 97.7 Å². The van der Waals surface area contributed by atoms with Crippen LogP contribution in [0.15, 0.2) is 0 Å². The zero-order valence-corrected chi connectivity index (χ0v) is 31.8. The maximum Gasteiger partial charge on any atom is 0.303 e. The number of ether oxygens (including phenoxy) is 4. The largest absolute Gasteiger partial charge is 0.457 e. The van der Waals surface area contributed by atoms with Crippen LogP contribution in [0, 0.1) is 50.7 Å². The number of carbonyl (C=O) groups excluding carboxylic acids is 1. The van der Waals surface area contributed by atoms with E-state index in [1.54, 1.807) is 13.8 Å². The van der Waals surface area contributed by atoms with Gasteiger partial charge in [0.15, 0.2) is 12.4 Å². The summed E-state index contributed by atoms with van der Waals surface area (Å²) in [5, 5.41) is 23.7. The molecule has 14 atom stereocenters. The number of nitrogens with zero attached hydrogens (tertiary/aromatic N) is 1. The van der Waals surface area contributed by atoms with Gasteiger partial charge in [-0.25, -0.2) is 0 Å². The van der Waals surface area contributed by atoms with Gasteiger partial charge >= 0.3 is 5.97 Å². The van der Waals surface area contributed by atoms with E-state index in [0.29, 0.717) is 29.7 Å². The van der Waals surface area contributed by atoms with Gasteiger partial charge in [0, 0.05) is 31.5 Å². The highest BCUT2D eigenvalue weighted by Gasteiger charge is 2.84. The second-order valence-electron chi connectivity index (χ2n) is 20.1. The summed E-state index contributed by atoms with van der Waals surface area (Å²) in [5.74, 6) is 1.17. The van der Waals surface area contributed by atoms with E-state index in [0.717, 1.165) is 39.0 Å². The Morgan fingerprint density at radius 3 is 2.37 bits per heavy atom. The molecule has 8 rings (SSSR count). The van der Waals surface area contributed by atoms with Crippen molar-refractivity contribution in [2.75, 3.05) is 19.7 Å². The van der Waals surface area contributed by atoms with Crippen molar-refractivity contribution in [2.45, 2.75) is 181 Å². The molecule has 2 spiro atoms. The average molecular weight is 686 g/mol. The highest BCUT2D eigenvalue weighted by molar-refractivity contribution is 5.66. The van der Waals surface area contributed by atoms with Crippen molar-refractivity contribution in [2.24, 2.45) is 50.7 Å². The third-order valence-corrected chi connectivity index (χ3v) is 17.3. The Bertz CT molecular complexity index is 1290. The Labute approximate surface area is 295 Å². The highest BCUT2D eigenvalue weighted by atomic mass is 16.7. The Kier molecular flexibility index (Phi) is 8.36. The second-order valence-corrected chi connectivity index (χ2v) is 20.1. The van der Waals surface area contributed by atoms with Crippen LogP contribution in [-0.4, -0.2) is 89.2 Å². The van der Waals surface area contributed by atoms with Crippen LogP contribution in [0.4, 0.5) is 0 Å². The Morgan fingerprint density at radius 2 is 1.67 bits per heavy atom. The number of morpholine rings is 1. The summed E-state index contributed by atoms with van der Waals surface area (Å²) in [6.45, 7) is 19.7. The van der Waals surface area contributed by atoms with Crippen LogP contribution in [0.5, 0.6) is 0 Å². The van der Waals surface area contributed by atoms with Crippen molar-refractivity contribution in [3.05, 3.63) is 0 Å². The molecule has 8 nitrogen and oxygen atoms in total. The Morgan fingerprint density at radius 1 is 0.980 bits per heavy atom. The van der Waals surface area contributed by atoms with Gasteiger partial charge in [0.25, 0.3) is 0 Å². The lowest BCUT2D eigenvalue weighted by Gasteiger charge is -2.64. The zero-order valence-electron chi connectivity index (χ0n) is 31.8. The third-order valence-electron chi connectivity index (χ3n) is 17.3. The van der Waals surface area contributed by atoms with Crippen molar-refractivity contribution in [3.63, 3.8) is 0 Å². The summed E-state index contributed by atoms with van der Waals surface area (Å²) in [7, 11) is 0. The van der Waals surface area contributed by atoms with Crippen LogP contribution < -0.4 is 0 Å². The van der Waals surface area contributed by atoms with Crippen LogP contribution in [0.2, 0.25) is 0 Å². The zero-order chi connectivity index (χ0) is 34.9. The lowest BCUT2D eigenvalue weighted by molar-refractivity contribution is -0.251. The molecule has 2 heterocycles. The number of esters is 1. The number of rotatable bonds is 6. The fourth-order valence-corrected chi connectivity index (χ4v) is 15.1. The summed E-state index contributed by atoms with van der Waals surface area (Å²) < 4.78 is 25.9. The first kappa shape index (κ1) is 35.3. The highest BCUT2D eigenvalue weighted by Crippen LogP contribution is 2.89. The van der Waals surface area contributed by atoms with E-state index >= 15 is 0 Å². The fraction of sp³-hybridized carbons (Fsp3) is 0.976. The van der Waals surface area contributed by atoms with Gasteiger partial charge in [0.1, 0.15) is 0 Å². The quantitative estimate of drug-likeness (QED) is 0.307. The maximum absolute atomic E-state index is 12.6. The van der Waals surface area contributed by atoms with E-state index < -0.39 is 29.9 Å². The van der Waals surface area contributed by atoms with Gasteiger partial charge in [-0.1, -0.05) is 47.5 Å². The molecular weight excluding hydrogens is 618 g/mol. The minimum Gasteiger partial charge on any atom is -0.457 e. The van der Waals surface area contributed by atoms with E-state index in [1.165, 1.54) is 58.3 Å². The van der Waals surface area contributed by atoms with Gasteiger partial charge in [0.05, 0.1) is 36.6 Å². The van der Waals surface area contributed by atoms with Crippen LogP contribution in [0.3, 0.4) is 0 Å². The summed E-state index contributed by atoms with van der Waals surface area (Å²) in [6, 6.07) is 0.712. The predicted molar refractivity (Wildman–Crippen MR) is 186 cm³/mol. The number of hydrogen-bond acceptors (Lipinski definition) is 8. The normalized spacial score (nSPS) is 51.5. The summed E-state index contributed by atoms with van der Waals surface area (Å²) in [5.41, 5.74) is -0.874. The van der Waals surface area contributed by atoms with Crippen molar-refractivity contribution >= 4 is 5.97 Å². The molecule has 49 heavy (non-hydrogen) atoms. The molecule has 2 N–H and O–H groups in total. The third kappa shape index (κ3) is 4.91. The molecule has 2 saturated heterocycles. The Hall–Kier alpha value is -0.770. The van der Waals surface area contributed by atoms with Crippen LogP contribution in [0.1, 0.15) is 132 Å². The molecule has 6 saturated carbocycles. The number of aliphatic hydroxyl groups is 2. The molecule has 8 heteroatoms. The van der Waals surface area contributed by atoms with E-state index in [4.69, 9.17) is 18.9 Å². The maximum atomic E-state index is 12.6. The summed E-state index contributed by atoms with van der Waals surface area (Å²) in [6.07, 6.45) is 12.3. The lowest BCUT2D eigenvalue weighted by atomic mass is 9.41. The molecule has 0 bridgehead atoms. The summed E-state index contributed by atoms with van der Waals surface area (Å²) in [4.78, 5) is 14.8. The van der Waals surface area contributed by atoms with E-state index in [-0.39, 0.29) is 52.0 Å². The molecule has 6 aliphatic carbocycles. The molecule has 0 amide bonds. The average Bonchev–Trinajstić information content (AvgIpc) is 3.29. The molecule has 0 radical (unpaired) electrons. The first-order valence-electron chi connectivity index (χ1n) is 20.2. The van der Waals surface area contributed by atoms with Gasteiger partial charge in [-0.15, -0.1) is 0 Å². The summed E-state index contributed by atoms with van der Waals surface area (Å²) >= 11 is 0. The second kappa shape index (κ2) is 11.6.